The van der Waals surface area contributed by atoms with Crippen molar-refractivity contribution < 1.29 is 4.79 Å². The summed E-state index contributed by atoms with van der Waals surface area (Å²) in [6.07, 6.45) is 7.72. The normalized spacial score (nSPS) is 18.9. The van der Waals surface area contributed by atoms with E-state index in [1.807, 2.05) is 28.8 Å². The summed E-state index contributed by atoms with van der Waals surface area (Å²) in [5, 5.41) is 8.31. The van der Waals surface area contributed by atoms with Crippen LogP contribution in [0.4, 0.5) is 0 Å². The van der Waals surface area contributed by atoms with Gasteiger partial charge in [-0.1, -0.05) is 11.4 Å². The first-order chi connectivity index (χ1) is 10.3. The van der Waals surface area contributed by atoms with E-state index in [0.29, 0.717) is 4.88 Å². The summed E-state index contributed by atoms with van der Waals surface area (Å²) >= 11 is 1.21. The van der Waals surface area contributed by atoms with Crippen LogP contribution in [0.25, 0.3) is 0 Å². The number of hydrogen-bond acceptors (Lipinski definition) is 5. The molecular weight excluding hydrogens is 286 g/mol. The Morgan fingerprint density at radius 1 is 1.48 bits per heavy atom. The molecular formula is C14H19N5OS. The van der Waals surface area contributed by atoms with Crippen molar-refractivity contribution >= 4 is 17.4 Å². The highest BCUT2D eigenvalue weighted by Crippen LogP contribution is 2.23. The number of carbonyl (C=O) groups is 1. The Hall–Kier alpha value is -1.76. The highest BCUT2D eigenvalue weighted by atomic mass is 32.1. The SMILES string of the molecule is CCc1nnsc1C(=O)N1CCCC[C@@H]1Cn1cccn1. The average molecular weight is 305 g/mol. The van der Waals surface area contributed by atoms with Crippen molar-refractivity contribution in [1.82, 2.24) is 24.3 Å². The standard InChI is InChI=1S/C14H19N5OS/c1-2-12-13(21-17-16-12)14(20)19-9-4-3-6-11(19)10-18-8-5-7-15-18/h5,7-8,11H,2-4,6,9-10H2,1H3/t11-/m1/s1. The minimum atomic E-state index is 0.0821. The molecule has 0 aliphatic carbocycles. The molecule has 3 heterocycles. The van der Waals surface area contributed by atoms with Crippen LogP contribution in [0.5, 0.6) is 0 Å². The Morgan fingerprint density at radius 2 is 2.38 bits per heavy atom. The molecule has 112 valence electrons. The predicted octanol–water partition coefficient (Wildman–Crippen LogP) is 1.99. The Bertz CT molecular complexity index is 594. The summed E-state index contributed by atoms with van der Waals surface area (Å²) in [5.74, 6) is 0.0821. The third-order valence-corrected chi connectivity index (χ3v) is 4.69. The lowest BCUT2D eigenvalue weighted by atomic mass is 10.0. The number of aryl methyl sites for hydroxylation is 1. The molecule has 1 aliphatic rings. The Labute approximate surface area is 127 Å². The van der Waals surface area contributed by atoms with Gasteiger partial charge in [-0.25, -0.2) is 0 Å². The van der Waals surface area contributed by atoms with Crippen molar-refractivity contribution in [3.05, 3.63) is 29.0 Å². The number of aromatic nitrogens is 4. The van der Waals surface area contributed by atoms with E-state index >= 15 is 0 Å². The zero-order valence-electron chi connectivity index (χ0n) is 12.1. The van der Waals surface area contributed by atoms with Crippen molar-refractivity contribution in [2.24, 2.45) is 0 Å². The molecule has 0 bridgehead atoms. The summed E-state index contributed by atoms with van der Waals surface area (Å²) < 4.78 is 5.84. The molecule has 1 aliphatic heterocycles. The van der Waals surface area contributed by atoms with Crippen molar-refractivity contribution in [3.63, 3.8) is 0 Å². The minimum absolute atomic E-state index is 0.0821. The molecule has 0 saturated carbocycles. The average Bonchev–Trinajstić information content (AvgIpc) is 3.18. The molecule has 2 aromatic rings. The molecule has 7 heteroatoms. The number of nitrogens with zero attached hydrogens (tertiary/aromatic N) is 5. The first kappa shape index (κ1) is 14.2. The lowest BCUT2D eigenvalue weighted by Crippen LogP contribution is -2.45. The summed E-state index contributed by atoms with van der Waals surface area (Å²) in [6, 6.07) is 2.12. The van der Waals surface area contributed by atoms with Gasteiger partial charge >= 0.3 is 0 Å². The highest BCUT2D eigenvalue weighted by molar-refractivity contribution is 7.08. The highest BCUT2D eigenvalue weighted by Gasteiger charge is 2.30. The number of likely N-dealkylation sites (tertiary alicyclic amines) is 1. The maximum atomic E-state index is 12.8. The minimum Gasteiger partial charge on any atom is -0.333 e. The van der Waals surface area contributed by atoms with Crippen LogP contribution in [-0.4, -0.2) is 42.8 Å². The molecule has 2 aromatic heterocycles. The zero-order chi connectivity index (χ0) is 14.7. The lowest BCUT2D eigenvalue weighted by molar-refractivity contribution is 0.0587. The van der Waals surface area contributed by atoms with Gasteiger partial charge in [-0.3, -0.25) is 9.48 Å². The van der Waals surface area contributed by atoms with Crippen molar-refractivity contribution in [3.8, 4) is 0 Å². The number of carbonyl (C=O) groups excluding carboxylic acids is 1. The van der Waals surface area contributed by atoms with Gasteiger partial charge in [0.1, 0.15) is 4.88 Å². The number of amides is 1. The molecule has 0 radical (unpaired) electrons. The Morgan fingerprint density at radius 3 is 3.14 bits per heavy atom. The van der Waals surface area contributed by atoms with Gasteiger partial charge in [0.25, 0.3) is 5.91 Å². The van der Waals surface area contributed by atoms with Crippen molar-refractivity contribution in [1.29, 1.82) is 0 Å². The van der Waals surface area contributed by atoms with E-state index in [1.54, 1.807) is 6.20 Å². The smallest absolute Gasteiger partial charge is 0.267 e. The van der Waals surface area contributed by atoms with Crippen molar-refractivity contribution in [2.75, 3.05) is 6.54 Å². The van der Waals surface area contributed by atoms with Crippen LogP contribution < -0.4 is 0 Å². The molecule has 0 unspecified atom stereocenters. The number of piperidine rings is 1. The van der Waals surface area contributed by atoms with Gasteiger partial charge in [0, 0.05) is 18.9 Å². The van der Waals surface area contributed by atoms with Crippen LogP contribution in [0, 0.1) is 0 Å². The fourth-order valence-electron chi connectivity index (χ4n) is 2.81. The molecule has 1 amide bonds. The van der Waals surface area contributed by atoms with Crippen LogP contribution in [0.1, 0.15) is 41.6 Å². The second-order valence-corrected chi connectivity index (χ2v) is 6.03. The third-order valence-electron chi connectivity index (χ3n) is 3.93. The third kappa shape index (κ3) is 2.97. The summed E-state index contributed by atoms with van der Waals surface area (Å²) in [6.45, 7) is 3.57. The molecule has 3 rings (SSSR count). The van der Waals surface area contributed by atoms with Gasteiger partial charge in [0.05, 0.1) is 18.3 Å². The van der Waals surface area contributed by atoms with Gasteiger partial charge in [-0.2, -0.15) is 5.10 Å². The monoisotopic (exact) mass is 305 g/mol. The number of rotatable bonds is 4. The summed E-state index contributed by atoms with van der Waals surface area (Å²) in [7, 11) is 0. The van der Waals surface area contributed by atoms with Crippen LogP contribution in [0.3, 0.4) is 0 Å². The molecule has 0 N–H and O–H groups in total. The van der Waals surface area contributed by atoms with E-state index < -0.39 is 0 Å². The van der Waals surface area contributed by atoms with Gasteiger partial charge in [0.15, 0.2) is 0 Å². The maximum absolute atomic E-state index is 12.8. The first-order valence-corrected chi connectivity index (χ1v) is 8.16. The fraction of sp³-hybridized carbons (Fsp3) is 0.571. The maximum Gasteiger partial charge on any atom is 0.267 e. The van der Waals surface area contributed by atoms with E-state index in [0.717, 1.165) is 44.5 Å². The van der Waals surface area contributed by atoms with Crippen molar-refractivity contribution in [2.45, 2.75) is 45.2 Å². The van der Waals surface area contributed by atoms with E-state index in [-0.39, 0.29) is 11.9 Å². The Balaban J connectivity index is 1.79. The van der Waals surface area contributed by atoms with Crippen LogP contribution in [-0.2, 0) is 13.0 Å². The fourth-order valence-corrected chi connectivity index (χ4v) is 3.52. The van der Waals surface area contributed by atoms with Crippen LogP contribution >= 0.6 is 11.5 Å². The summed E-state index contributed by atoms with van der Waals surface area (Å²) in [5.41, 5.74) is 0.813. The molecule has 0 aromatic carbocycles. The largest absolute Gasteiger partial charge is 0.333 e. The van der Waals surface area contributed by atoms with E-state index in [4.69, 9.17) is 0 Å². The second kappa shape index (κ2) is 6.34. The van der Waals surface area contributed by atoms with E-state index in [2.05, 4.69) is 14.7 Å². The van der Waals surface area contributed by atoms with Gasteiger partial charge in [0.2, 0.25) is 0 Å². The van der Waals surface area contributed by atoms with Gasteiger partial charge in [-0.15, -0.1) is 5.10 Å². The summed E-state index contributed by atoms with van der Waals surface area (Å²) in [4.78, 5) is 15.5. The first-order valence-electron chi connectivity index (χ1n) is 7.39. The lowest BCUT2D eigenvalue weighted by Gasteiger charge is -2.35. The number of hydrogen-bond donors (Lipinski definition) is 0. The Kier molecular flexibility index (Phi) is 4.28. The molecule has 1 saturated heterocycles. The molecule has 1 fully saturated rings. The second-order valence-electron chi connectivity index (χ2n) is 5.28. The molecule has 1 atom stereocenters. The molecule has 21 heavy (non-hydrogen) atoms. The topological polar surface area (TPSA) is 63.9 Å². The van der Waals surface area contributed by atoms with E-state index in [1.165, 1.54) is 11.5 Å². The van der Waals surface area contributed by atoms with Gasteiger partial charge in [-0.05, 0) is 43.3 Å². The van der Waals surface area contributed by atoms with E-state index in [9.17, 15) is 4.79 Å². The molecule has 0 spiro atoms. The van der Waals surface area contributed by atoms with Crippen LogP contribution in [0.15, 0.2) is 18.5 Å². The quantitative estimate of drug-likeness (QED) is 0.866. The van der Waals surface area contributed by atoms with Crippen LogP contribution in [0.2, 0.25) is 0 Å². The predicted molar refractivity (Wildman–Crippen MR) is 80.2 cm³/mol. The molecule has 6 nitrogen and oxygen atoms in total. The zero-order valence-corrected chi connectivity index (χ0v) is 12.9. The van der Waals surface area contributed by atoms with Gasteiger partial charge < -0.3 is 4.90 Å².